The highest BCUT2D eigenvalue weighted by atomic mass is 32.2. The summed E-state index contributed by atoms with van der Waals surface area (Å²) in [5, 5.41) is 18.8. The number of aromatic nitrogens is 1. The van der Waals surface area contributed by atoms with Gasteiger partial charge in [-0.25, -0.2) is 8.42 Å². The molecule has 0 spiro atoms. The molecule has 1 aromatic heterocycles. The number of rotatable bonds is 13. The van der Waals surface area contributed by atoms with Gasteiger partial charge in [-0.2, -0.15) is 0 Å². The highest BCUT2D eigenvalue weighted by Crippen LogP contribution is 2.37. The molecule has 0 saturated carbocycles. The van der Waals surface area contributed by atoms with Crippen molar-refractivity contribution in [3.63, 3.8) is 0 Å². The molecule has 0 radical (unpaired) electrons. The fraction of sp³-hybridized carbons (Fsp3) is 0.531. The summed E-state index contributed by atoms with van der Waals surface area (Å²) in [5.74, 6) is 0.193. The van der Waals surface area contributed by atoms with Crippen molar-refractivity contribution in [2.75, 3.05) is 17.9 Å². The summed E-state index contributed by atoms with van der Waals surface area (Å²) < 4.78 is 28.7. The molecule has 3 N–H and O–H groups in total. The minimum absolute atomic E-state index is 0.120. The zero-order valence-corrected chi connectivity index (χ0v) is 26.1. The molecule has 2 aromatic carbocycles. The normalized spacial score (nSPS) is 16.2. The Hall–Kier alpha value is -2.88. The Morgan fingerprint density at radius 1 is 1.15 bits per heavy atom. The third kappa shape index (κ3) is 7.31. The molecule has 8 nitrogen and oxygen atoms in total. The maximum atomic E-state index is 13.7. The van der Waals surface area contributed by atoms with Crippen molar-refractivity contribution in [1.82, 2.24) is 15.2 Å². The van der Waals surface area contributed by atoms with Gasteiger partial charge in [-0.15, -0.1) is 0 Å². The summed E-state index contributed by atoms with van der Waals surface area (Å²) in [6.45, 7) is 11.1. The van der Waals surface area contributed by atoms with Gasteiger partial charge in [-0.1, -0.05) is 63.9 Å². The number of hydrogen-bond acceptors (Lipinski definition) is 5. The molecule has 4 rings (SSSR count). The molecule has 3 aromatic rings. The van der Waals surface area contributed by atoms with Crippen LogP contribution in [0.25, 0.3) is 10.9 Å². The number of aliphatic hydroxyl groups is 1. The second-order valence-electron chi connectivity index (χ2n) is 12.5. The molecular weight excluding hydrogens is 536 g/mol. The average molecular weight is 583 g/mol. The van der Waals surface area contributed by atoms with Crippen molar-refractivity contribution >= 4 is 32.5 Å². The Morgan fingerprint density at radius 2 is 1.85 bits per heavy atom. The van der Waals surface area contributed by atoms with Crippen LogP contribution < -0.4 is 14.9 Å². The summed E-state index contributed by atoms with van der Waals surface area (Å²) in [6, 6.07) is 12.8. The third-order valence-electron chi connectivity index (χ3n) is 8.19. The Labute approximate surface area is 245 Å². The lowest BCUT2D eigenvalue weighted by molar-refractivity contribution is 0.0812. The number of carbonyl (C=O) groups excluding carboxylic acids is 1. The van der Waals surface area contributed by atoms with E-state index >= 15 is 0 Å². The molecular formula is C32H46N4O4S. The zero-order valence-electron chi connectivity index (χ0n) is 25.3. The Kier molecular flexibility index (Phi) is 9.51. The second kappa shape index (κ2) is 12.5. The smallest absolute Gasteiger partial charge is 0.253 e. The van der Waals surface area contributed by atoms with Crippen LogP contribution in [0, 0.1) is 5.92 Å². The Bertz CT molecular complexity index is 1460. The molecule has 9 heteroatoms. The quantitative estimate of drug-likeness (QED) is 0.268. The molecule has 0 bridgehead atoms. The van der Waals surface area contributed by atoms with Crippen LogP contribution in [-0.2, 0) is 28.7 Å². The van der Waals surface area contributed by atoms with Crippen LogP contribution in [0.1, 0.15) is 75.4 Å². The number of carbonyl (C=O) groups is 1. The fourth-order valence-corrected chi connectivity index (χ4v) is 6.79. The average Bonchev–Trinajstić information content (AvgIpc) is 3.27. The molecule has 0 aliphatic carbocycles. The largest absolute Gasteiger partial charge is 0.390 e. The number of hydrogen-bond donors (Lipinski definition) is 3. The lowest BCUT2D eigenvalue weighted by Crippen LogP contribution is -2.52. The third-order valence-corrected chi connectivity index (χ3v) is 9.82. The minimum Gasteiger partial charge on any atom is -0.390 e. The number of nitrogens with zero attached hydrogens (tertiary/aromatic N) is 2. The first-order valence-electron chi connectivity index (χ1n) is 14.7. The molecule has 0 fully saturated rings. The van der Waals surface area contributed by atoms with Crippen molar-refractivity contribution in [2.24, 2.45) is 5.92 Å². The van der Waals surface area contributed by atoms with E-state index in [-0.39, 0.29) is 17.3 Å². The summed E-state index contributed by atoms with van der Waals surface area (Å²) in [5.41, 5.74) is 3.53. The van der Waals surface area contributed by atoms with E-state index in [2.05, 4.69) is 38.3 Å². The molecule has 0 saturated heterocycles. The topological polar surface area (TPSA) is 104 Å². The van der Waals surface area contributed by atoms with Gasteiger partial charge >= 0.3 is 0 Å². The van der Waals surface area contributed by atoms with E-state index in [1.54, 1.807) is 10.6 Å². The lowest BCUT2D eigenvalue weighted by atomic mass is 9.93. The molecule has 2 atom stereocenters. The van der Waals surface area contributed by atoms with Gasteiger partial charge in [0.15, 0.2) is 0 Å². The first kappa shape index (κ1) is 31.1. The van der Waals surface area contributed by atoms with Crippen LogP contribution in [0.2, 0.25) is 0 Å². The van der Waals surface area contributed by atoms with Crippen molar-refractivity contribution < 1.29 is 18.3 Å². The van der Waals surface area contributed by atoms with Crippen LogP contribution >= 0.6 is 0 Å². The molecule has 2 heterocycles. The summed E-state index contributed by atoms with van der Waals surface area (Å²) in [6.07, 6.45) is 5.47. The monoisotopic (exact) mass is 582 g/mol. The van der Waals surface area contributed by atoms with E-state index < -0.39 is 22.2 Å². The number of sulfonamides is 1. The van der Waals surface area contributed by atoms with Gasteiger partial charge in [-0.05, 0) is 62.3 Å². The highest BCUT2D eigenvalue weighted by Gasteiger charge is 2.31. The SMILES string of the molecule is CCc1cn2c3c(cc(C(=O)N[C@@H](Cc4ccccc4)[C@H](O)CNC(C)(C)CCCC(C)C)cc13)N(C)S(=O)(=O)C2. The number of nitrogens with one attached hydrogen (secondary N) is 2. The van der Waals surface area contributed by atoms with Crippen molar-refractivity contribution in [3.8, 4) is 0 Å². The van der Waals surface area contributed by atoms with Gasteiger partial charge < -0.3 is 20.3 Å². The van der Waals surface area contributed by atoms with Crippen LogP contribution in [0.15, 0.2) is 48.7 Å². The van der Waals surface area contributed by atoms with Crippen LogP contribution in [0.4, 0.5) is 5.69 Å². The van der Waals surface area contributed by atoms with Crippen molar-refractivity contribution in [3.05, 3.63) is 65.4 Å². The van der Waals surface area contributed by atoms with Crippen molar-refractivity contribution in [2.45, 2.75) is 90.3 Å². The second-order valence-corrected chi connectivity index (χ2v) is 14.4. The standard InChI is InChI=1S/C32H46N4O4S/c1-7-24-20-36-21-41(39,40)35(6)28-18-25(17-26(24)30(28)36)31(38)34-27(16-23-13-9-8-10-14-23)29(37)19-33-32(4,5)15-11-12-22(2)3/h8-10,13-14,17-18,20,22,27,29,33,37H,7,11-12,15-16,19,21H2,1-6H3,(H,34,38)/t27-,29+/m0/s1. The van der Waals surface area contributed by atoms with E-state index in [1.165, 1.54) is 11.4 Å². The zero-order chi connectivity index (χ0) is 29.9. The van der Waals surface area contributed by atoms with Crippen LogP contribution in [0.3, 0.4) is 0 Å². The molecule has 1 aliphatic heterocycles. The molecule has 0 unspecified atom stereocenters. The number of β-amino-alcohol motifs (C(OH)–C–C–N with tert-alkyl or cyclic N) is 1. The van der Waals surface area contributed by atoms with Gasteiger partial charge in [0.1, 0.15) is 5.88 Å². The summed E-state index contributed by atoms with van der Waals surface area (Å²) in [4.78, 5) is 13.7. The number of aryl methyl sites for hydroxylation is 1. The molecule has 1 aliphatic rings. The predicted octanol–water partition coefficient (Wildman–Crippen LogP) is 4.84. The molecule has 224 valence electrons. The number of amides is 1. The van der Waals surface area contributed by atoms with Crippen molar-refractivity contribution in [1.29, 1.82) is 0 Å². The number of aliphatic hydroxyl groups excluding tert-OH is 1. The molecule has 41 heavy (non-hydrogen) atoms. The van der Waals surface area contributed by atoms with Crippen LogP contribution in [-0.4, -0.2) is 55.3 Å². The van der Waals surface area contributed by atoms with Gasteiger partial charge in [0.05, 0.1) is 23.3 Å². The Morgan fingerprint density at radius 3 is 2.51 bits per heavy atom. The van der Waals surface area contributed by atoms with Gasteiger partial charge in [-0.3, -0.25) is 9.10 Å². The first-order valence-corrected chi connectivity index (χ1v) is 16.3. The number of anilines is 1. The predicted molar refractivity (Wildman–Crippen MR) is 167 cm³/mol. The maximum Gasteiger partial charge on any atom is 0.253 e. The van der Waals surface area contributed by atoms with E-state index in [0.717, 1.165) is 41.3 Å². The first-order chi connectivity index (χ1) is 19.3. The minimum atomic E-state index is -3.55. The van der Waals surface area contributed by atoms with Crippen LogP contribution in [0.5, 0.6) is 0 Å². The van der Waals surface area contributed by atoms with E-state index in [4.69, 9.17) is 0 Å². The summed E-state index contributed by atoms with van der Waals surface area (Å²) in [7, 11) is -2.02. The highest BCUT2D eigenvalue weighted by molar-refractivity contribution is 7.91. The maximum absolute atomic E-state index is 13.7. The number of benzene rings is 2. The van der Waals surface area contributed by atoms with E-state index in [9.17, 15) is 18.3 Å². The fourth-order valence-electron chi connectivity index (χ4n) is 5.62. The lowest BCUT2D eigenvalue weighted by Gasteiger charge is -2.31. The van der Waals surface area contributed by atoms with Gasteiger partial charge in [0.2, 0.25) is 0 Å². The van der Waals surface area contributed by atoms with E-state index in [1.807, 2.05) is 49.5 Å². The van der Waals surface area contributed by atoms with Gasteiger partial charge in [0.25, 0.3) is 15.9 Å². The van der Waals surface area contributed by atoms with E-state index in [0.29, 0.717) is 36.6 Å². The van der Waals surface area contributed by atoms with Gasteiger partial charge in [0, 0.05) is 36.3 Å². The molecule has 1 amide bonds. The summed E-state index contributed by atoms with van der Waals surface area (Å²) >= 11 is 0. The Balaban J connectivity index is 1.58.